The Morgan fingerprint density at radius 1 is 0.963 bits per heavy atom. The van der Waals surface area contributed by atoms with Gasteiger partial charge >= 0.3 is 0 Å². The molecule has 1 saturated heterocycles. The molecular weight excluding hydrogens is 342 g/mol. The molecule has 1 heterocycles. The fourth-order valence-corrected chi connectivity index (χ4v) is 3.19. The largest absolute Gasteiger partial charge is 0.342 e. The van der Waals surface area contributed by atoms with Crippen LogP contribution in [0.3, 0.4) is 0 Å². The lowest BCUT2D eigenvalue weighted by atomic mass is 9.95. The smallest absolute Gasteiger partial charge is 0.227 e. The lowest BCUT2D eigenvalue weighted by Crippen LogP contribution is -2.43. The van der Waals surface area contributed by atoms with Gasteiger partial charge in [-0.25, -0.2) is 0 Å². The minimum absolute atomic E-state index is 0.00470. The van der Waals surface area contributed by atoms with Gasteiger partial charge in [-0.2, -0.15) is 0 Å². The third-order valence-electron chi connectivity index (χ3n) is 4.70. The minimum Gasteiger partial charge on any atom is -0.342 e. The predicted octanol–water partition coefficient (Wildman–Crippen LogP) is 3.50. The van der Waals surface area contributed by atoms with E-state index >= 15 is 0 Å². The molecule has 27 heavy (non-hydrogen) atoms. The van der Waals surface area contributed by atoms with Gasteiger partial charge in [0.05, 0.1) is 0 Å². The van der Waals surface area contributed by atoms with Crippen LogP contribution < -0.4 is 10.6 Å². The number of benzene rings is 1. The van der Waals surface area contributed by atoms with E-state index in [4.69, 9.17) is 0 Å². The Hall–Kier alpha value is -2.37. The summed E-state index contributed by atoms with van der Waals surface area (Å²) in [4.78, 5) is 38.2. The lowest BCUT2D eigenvalue weighted by molar-refractivity contribution is -0.137. The van der Waals surface area contributed by atoms with Gasteiger partial charge in [0.1, 0.15) is 0 Å². The first-order valence-electron chi connectivity index (χ1n) is 9.75. The van der Waals surface area contributed by atoms with Crippen molar-refractivity contribution in [3.05, 3.63) is 24.3 Å². The number of carbonyl (C=O) groups is 3. The average Bonchev–Trinajstić information content (AvgIpc) is 2.62. The topological polar surface area (TPSA) is 78.5 Å². The number of piperidine rings is 1. The number of anilines is 2. The van der Waals surface area contributed by atoms with E-state index in [1.54, 1.807) is 24.3 Å². The molecule has 3 amide bonds. The molecule has 0 bridgehead atoms. The van der Waals surface area contributed by atoms with Crippen LogP contribution in [0.25, 0.3) is 0 Å². The summed E-state index contributed by atoms with van der Waals surface area (Å²) in [7, 11) is 0. The zero-order chi connectivity index (χ0) is 20.0. The van der Waals surface area contributed by atoms with Crippen LogP contribution in [0.2, 0.25) is 0 Å². The van der Waals surface area contributed by atoms with Crippen LogP contribution in [0.15, 0.2) is 24.3 Å². The van der Waals surface area contributed by atoms with Crippen LogP contribution in [-0.2, 0) is 14.4 Å². The second kappa shape index (κ2) is 9.53. The number of nitrogens with one attached hydrogen (secondary N) is 2. The number of hydrogen-bond donors (Lipinski definition) is 2. The molecular formula is C21H31N3O3. The Balaban J connectivity index is 1.82. The van der Waals surface area contributed by atoms with Crippen LogP contribution in [0, 0.1) is 17.8 Å². The van der Waals surface area contributed by atoms with E-state index in [0.717, 1.165) is 5.69 Å². The highest BCUT2D eigenvalue weighted by Crippen LogP contribution is 2.21. The molecule has 1 fully saturated rings. The van der Waals surface area contributed by atoms with Crippen molar-refractivity contribution < 1.29 is 14.4 Å². The first kappa shape index (κ1) is 20.9. The maximum atomic E-state index is 12.5. The summed E-state index contributed by atoms with van der Waals surface area (Å²) >= 11 is 0. The molecule has 0 aliphatic carbocycles. The molecule has 1 aromatic carbocycles. The summed E-state index contributed by atoms with van der Waals surface area (Å²) in [5.41, 5.74) is 1.43. The third-order valence-corrected chi connectivity index (χ3v) is 4.70. The molecule has 2 rings (SSSR count). The number of nitrogens with zero attached hydrogens (tertiary/aromatic N) is 1. The van der Waals surface area contributed by atoms with Gasteiger partial charge in [-0.15, -0.1) is 0 Å². The fourth-order valence-electron chi connectivity index (χ4n) is 3.19. The molecule has 0 saturated carbocycles. The van der Waals surface area contributed by atoms with Gasteiger partial charge in [0.2, 0.25) is 17.7 Å². The molecule has 6 nitrogen and oxygen atoms in total. The molecule has 1 aliphatic heterocycles. The molecule has 0 aromatic heterocycles. The second-order valence-electron chi connectivity index (χ2n) is 7.97. The van der Waals surface area contributed by atoms with Crippen LogP contribution in [0.5, 0.6) is 0 Å². The van der Waals surface area contributed by atoms with Crippen LogP contribution in [0.4, 0.5) is 11.4 Å². The van der Waals surface area contributed by atoms with E-state index in [2.05, 4.69) is 10.6 Å². The van der Waals surface area contributed by atoms with E-state index in [-0.39, 0.29) is 29.6 Å². The number of amides is 3. The second-order valence-corrected chi connectivity index (χ2v) is 7.97. The Morgan fingerprint density at radius 3 is 1.96 bits per heavy atom. The maximum absolute atomic E-state index is 12.5. The Kier molecular flexibility index (Phi) is 7.39. The van der Waals surface area contributed by atoms with Crippen molar-refractivity contribution in [2.75, 3.05) is 23.7 Å². The van der Waals surface area contributed by atoms with Gasteiger partial charge < -0.3 is 15.5 Å². The minimum atomic E-state index is -0.0772. The van der Waals surface area contributed by atoms with Crippen molar-refractivity contribution in [3.63, 3.8) is 0 Å². The van der Waals surface area contributed by atoms with Crippen molar-refractivity contribution in [1.82, 2.24) is 4.90 Å². The summed E-state index contributed by atoms with van der Waals surface area (Å²) in [5, 5.41) is 5.79. The summed E-state index contributed by atoms with van der Waals surface area (Å²) in [6.45, 7) is 9.07. The van der Waals surface area contributed by atoms with E-state index < -0.39 is 0 Å². The Morgan fingerprint density at radius 2 is 1.48 bits per heavy atom. The first-order chi connectivity index (χ1) is 12.8. The highest BCUT2D eigenvalue weighted by Gasteiger charge is 2.28. The van der Waals surface area contributed by atoms with Crippen LogP contribution in [-0.4, -0.2) is 35.7 Å². The molecule has 0 atom stereocenters. The first-order valence-corrected chi connectivity index (χ1v) is 9.75. The molecule has 1 aliphatic rings. The zero-order valence-electron chi connectivity index (χ0n) is 16.7. The lowest BCUT2D eigenvalue weighted by Gasteiger charge is -2.32. The van der Waals surface area contributed by atoms with Crippen molar-refractivity contribution >= 4 is 29.1 Å². The molecule has 148 valence electrons. The zero-order valence-corrected chi connectivity index (χ0v) is 16.7. The Bertz CT molecular complexity index is 660. The van der Waals surface area contributed by atoms with Crippen LogP contribution >= 0.6 is 0 Å². The molecule has 0 radical (unpaired) electrons. The number of likely N-dealkylation sites (tertiary alicyclic amines) is 1. The fraction of sp³-hybridized carbons (Fsp3) is 0.571. The molecule has 2 N–H and O–H groups in total. The standard InChI is InChI=1S/C21H31N3O3/c1-14(2)13-19(25)22-17-5-7-18(8-6-17)23-20(26)16-9-11-24(12-10-16)21(27)15(3)4/h5-8,14-16H,9-13H2,1-4H3,(H,22,25)(H,23,26). The summed E-state index contributed by atoms with van der Waals surface area (Å²) in [6, 6.07) is 7.16. The summed E-state index contributed by atoms with van der Waals surface area (Å²) in [5.74, 6) is 0.365. The third kappa shape index (κ3) is 6.38. The molecule has 1 aromatic rings. The number of hydrogen-bond acceptors (Lipinski definition) is 3. The molecule has 0 unspecified atom stereocenters. The van der Waals surface area contributed by atoms with Gasteiger partial charge in [0.15, 0.2) is 0 Å². The molecule has 6 heteroatoms. The summed E-state index contributed by atoms with van der Waals surface area (Å²) in [6.07, 6.45) is 1.86. The quantitative estimate of drug-likeness (QED) is 0.801. The van der Waals surface area contributed by atoms with Crippen molar-refractivity contribution in [3.8, 4) is 0 Å². The van der Waals surface area contributed by atoms with Crippen molar-refractivity contribution in [1.29, 1.82) is 0 Å². The monoisotopic (exact) mass is 373 g/mol. The van der Waals surface area contributed by atoms with Crippen molar-refractivity contribution in [2.45, 2.75) is 47.0 Å². The van der Waals surface area contributed by atoms with Gasteiger partial charge in [-0.1, -0.05) is 27.7 Å². The highest BCUT2D eigenvalue weighted by molar-refractivity contribution is 5.94. The average molecular weight is 373 g/mol. The van der Waals surface area contributed by atoms with Gasteiger partial charge in [0.25, 0.3) is 0 Å². The van der Waals surface area contributed by atoms with Gasteiger partial charge in [-0.05, 0) is 43.0 Å². The van der Waals surface area contributed by atoms with E-state index in [9.17, 15) is 14.4 Å². The highest BCUT2D eigenvalue weighted by atomic mass is 16.2. The normalized spacial score (nSPS) is 15.1. The number of carbonyl (C=O) groups excluding carboxylic acids is 3. The van der Waals surface area contributed by atoms with E-state index in [1.807, 2.05) is 32.6 Å². The summed E-state index contributed by atoms with van der Waals surface area (Å²) < 4.78 is 0. The SMILES string of the molecule is CC(C)CC(=O)Nc1ccc(NC(=O)C2CCN(C(=O)C(C)C)CC2)cc1. The predicted molar refractivity (Wildman–Crippen MR) is 107 cm³/mol. The number of rotatable bonds is 6. The van der Waals surface area contributed by atoms with Crippen molar-refractivity contribution in [2.24, 2.45) is 17.8 Å². The van der Waals surface area contributed by atoms with Gasteiger partial charge in [0, 0.05) is 42.7 Å². The van der Waals surface area contributed by atoms with E-state index in [1.165, 1.54) is 0 Å². The molecule has 0 spiro atoms. The van der Waals surface area contributed by atoms with Gasteiger partial charge in [-0.3, -0.25) is 14.4 Å². The van der Waals surface area contributed by atoms with E-state index in [0.29, 0.717) is 44.0 Å². The van der Waals surface area contributed by atoms with Crippen LogP contribution in [0.1, 0.15) is 47.0 Å². The Labute approximate surface area is 161 Å². The maximum Gasteiger partial charge on any atom is 0.227 e.